The van der Waals surface area contributed by atoms with Crippen molar-refractivity contribution in [2.24, 2.45) is 5.41 Å². The summed E-state index contributed by atoms with van der Waals surface area (Å²) in [6.07, 6.45) is 3.03. The second kappa shape index (κ2) is 6.80. The van der Waals surface area contributed by atoms with Crippen molar-refractivity contribution >= 4 is 23.6 Å². The maximum absolute atomic E-state index is 11.8. The van der Waals surface area contributed by atoms with Crippen molar-refractivity contribution in [3.63, 3.8) is 0 Å². The molecule has 1 aromatic rings. The first kappa shape index (κ1) is 15.6. The van der Waals surface area contributed by atoms with Crippen molar-refractivity contribution < 1.29 is 14.7 Å². The molecule has 0 saturated heterocycles. The molecule has 1 aromatic carbocycles. The number of carbonyl (C=O) groups excluding carboxylic acids is 1. The SMILES string of the molecule is O=C(NCc1ccccc1Cl)NCC1(C(=O)O)CCCC1. The van der Waals surface area contributed by atoms with Crippen LogP contribution in [0.4, 0.5) is 4.79 Å². The molecule has 0 radical (unpaired) electrons. The molecule has 6 heteroatoms. The van der Waals surface area contributed by atoms with E-state index in [0.29, 0.717) is 24.4 Å². The van der Waals surface area contributed by atoms with Crippen LogP contribution in [0.1, 0.15) is 31.2 Å². The fourth-order valence-electron chi connectivity index (χ4n) is 2.65. The Bertz CT molecular complexity index is 527. The van der Waals surface area contributed by atoms with Gasteiger partial charge in [0.15, 0.2) is 0 Å². The minimum atomic E-state index is -0.827. The summed E-state index contributed by atoms with van der Waals surface area (Å²) in [5, 5.41) is 15.3. The molecule has 0 spiro atoms. The summed E-state index contributed by atoms with van der Waals surface area (Å²) in [6, 6.07) is 6.89. The number of urea groups is 1. The van der Waals surface area contributed by atoms with Gasteiger partial charge in [0.2, 0.25) is 0 Å². The van der Waals surface area contributed by atoms with Crippen molar-refractivity contribution in [3.8, 4) is 0 Å². The molecule has 2 amide bonds. The standard InChI is InChI=1S/C15H19ClN2O3/c16-12-6-2-1-5-11(12)9-17-14(21)18-10-15(13(19)20)7-3-4-8-15/h1-2,5-6H,3-4,7-10H2,(H,19,20)(H2,17,18,21). The monoisotopic (exact) mass is 310 g/mol. The number of halogens is 1. The number of aliphatic carboxylic acids is 1. The van der Waals surface area contributed by atoms with Gasteiger partial charge in [-0.05, 0) is 24.5 Å². The van der Waals surface area contributed by atoms with E-state index in [0.717, 1.165) is 18.4 Å². The molecule has 1 aliphatic rings. The third kappa shape index (κ3) is 3.88. The molecule has 0 atom stereocenters. The molecular weight excluding hydrogens is 292 g/mol. The lowest BCUT2D eigenvalue weighted by molar-refractivity contribution is -0.148. The molecule has 21 heavy (non-hydrogen) atoms. The Balaban J connectivity index is 1.82. The second-order valence-electron chi connectivity index (χ2n) is 5.42. The van der Waals surface area contributed by atoms with E-state index >= 15 is 0 Å². The van der Waals surface area contributed by atoms with Crippen LogP contribution in [-0.2, 0) is 11.3 Å². The zero-order chi connectivity index (χ0) is 15.3. The first-order valence-corrected chi connectivity index (χ1v) is 7.40. The van der Waals surface area contributed by atoms with Gasteiger partial charge < -0.3 is 15.7 Å². The van der Waals surface area contributed by atoms with E-state index in [1.54, 1.807) is 6.07 Å². The van der Waals surface area contributed by atoms with Crippen LogP contribution in [0.15, 0.2) is 24.3 Å². The first-order chi connectivity index (χ1) is 10.0. The smallest absolute Gasteiger partial charge is 0.315 e. The van der Waals surface area contributed by atoms with Crippen molar-refractivity contribution in [2.45, 2.75) is 32.2 Å². The fourth-order valence-corrected chi connectivity index (χ4v) is 2.85. The number of carboxylic acid groups (broad SMARTS) is 1. The largest absolute Gasteiger partial charge is 0.481 e. The number of benzene rings is 1. The van der Waals surface area contributed by atoms with Crippen LogP contribution in [0.5, 0.6) is 0 Å². The molecule has 5 nitrogen and oxygen atoms in total. The van der Waals surface area contributed by atoms with Gasteiger partial charge in [0.05, 0.1) is 5.41 Å². The van der Waals surface area contributed by atoms with E-state index in [-0.39, 0.29) is 12.6 Å². The number of amides is 2. The predicted molar refractivity (Wildman–Crippen MR) is 80.2 cm³/mol. The minimum absolute atomic E-state index is 0.163. The van der Waals surface area contributed by atoms with Gasteiger partial charge in [-0.3, -0.25) is 4.79 Å². The highest BCUT2D eigenvalue weighted by Gasteiger charge is 2.41. The molecule has 0 aromatic heterocycles. The number of hydrogen-bond acceptors (Lipinski definition) is 2. The lowest BCUT2D eigenvalue weighted by atomic mass is 9.86. The van der Waals surface area contributed by atoms with E-state index in [9.17, 15) is 14.7 Å². The van der Waals surface area contributed by atoms with E-state index in [1.165, 1.54) is 0 Å². The van der Waals surface area contributed by atoms with Crippen LogP contribution in [0, 0.1) is 5.41 Å². The number of carbonyl (C=O) groups is 2. The maximum atomic E-state index is 11.8. The maximum Gasteiger partial charge on any atom is 0.315 e. The molecule has 2 rings (SSSR count). The number of rotatable bonds is 5. The number of carboxylic acids is 1. The molecule has 1 aliphatic carbocycles. The predicted octanol–water partition coefficient (Wildman–Crippen LogP) is 2.78. The fraction of sp³-hybridized carbons (Fsp3) is 0.467. The van der Waals surface area contributed by atoms with Crippen LogP contribution in [0.25, 0.3) is 0 Å². The van der Waals surface area contributed by atoms with Gasteiger partial charge in [0.1, 0.15) is 0 Å². The molecule has 0 bridgehead atoms. The van der Waals surface area contributed by atoms with Crippen LogP contribution >= 0.6 is 11.6 Å². The van der Waals surface area contributed by atoms with Gasteiger partial charge in [-0.1, -0.05) is 42.6 Å². The Morgan fingerprint density at radius 2 is 1.86 bits per heavy atom. The third-order valence-corrected chi connectivity index (χ3v) is 4.37. The molecule has 0 heterocycles. The summed E-state index contributed by atoms with van der Waals surface area (Å²) in [4.78, 5) is 23.2. The van der Waals surface area contributed by atoms with Crippen LogP contribution in [-0.4, -0.2) is 23.7 Å². The van der Waals surface area contributed by atoms with E-state index in [1.807, 2.05) is 18.2 Å². The average molecular weight is 311 g/mol. The second-order valence-corrected chi connectivity index (χ2v) is 5.83. The Kier molecular flexibility index (Phi) is 5.07. The van der Waals surface area contributed by atoms with E-state index < -0.39 is 11.4 Å². The van der Waals surface area contributed by atoms with Crippen LogP contribution in [0.3, 0.4) is 0 Å². The Labute approximate surface area is 128 Å². The zero-order valence-electron chi connectivity index (χ0n) is 11.7. The van der Waals surface area contributed by atoms with Gasteiger partial charge in [0, 0.05) is 18.1 Å². The van der Waals surface area contributed by atoms with Crippen molar-refractivity contribution in [1.82, 2.24) is 10.6 Å². The normalized spacial score (nSPS) is 16.4. The Morgan fingerprint density at radius 1 is 1.19 bits per heavy atom. The lowest BCUT2D eigenvalue weighted by Crippen LogP contribution is -2.44. The summed E-state index contributed by atoms with van der Waals surface area (Å²) in [6.45, 7) is 0.474. The van der Waals surface area contributed by atoms with E-state index in [2.05, 4.69) is 10.6 Å². The Hall–Kier alpha value is -1.75. The first-order valence-electron chi connectivity index (χ1n) is 7.02. The van der Waals surface area contributed by atoms with Gasteiger partial charge in [-0.15, -0.1) is 0 Å². The topological polar surface area (TPSA) is 78.4 Å². The van der Waals surface area contributed by atoms with Gasteiger partial charge in [-0.2, -0.15) is 0 Å². The van der Waals surface area contributed by atoms with Crippen molar-refractivity contribution in [2.75, 3.05) is 6.54 Å². The summed E-state index contributed by atoms with van der Waals surface area (Å²) < 4.78 is 0. The average Bonchev–Trinajstić information content (AvgIpc) is 2.94. The summed E-state index contributed by atoms with van der Waals surface area (Å²) in [7, 11) is 0. The summed E-state index contributed by atoms with van der Waals surface area (Å²) in [5.41, 5.74) is 0.0185. The number of hydrogen-bond donors (Lipinski definition) is 3. The molecular formula is C15H19ClN2O3. The van der Waals surface area contributed by atoms with Crippen molar-refractivity contribution in [3.05, 3.63) is 34.9 Å². The lowest BCUT2D eigenvalue weighted by Gasteiger charge is -2.24. The highest BCUT2D eigenvalue weighted by molar-refractivity contribution is 6.31. The van der Waals surface area contributed by atoms with Crippen LogP contribution < -0.4 is 10.6 Å². The summed E-state index contributed by atoms with van der Waals surface area (Å²) in [5.74, 6) is -0.827. The molecule has 0 unspecified atom stereocenters. The highest BCUT2D eigenvalue weighted by Crippen LogP contribution is 2.37. The van der Waals surface area contributed by atoms with Gasteiger partial charge >= 0.3 is 12.0 Å². The minimum Gasteiger partial charge on any atom is -0.481 e. The number of nitrogens with one attached hydrogen (secondary N) is 2. The third-order valence-electron chi connectivity index (χ3n) is 4.00. The highest BCUT2D eigenvalue weighted by atomic mass is 35.5. The quantitative estimate of drug-likeness (QED) is 0.782. The molecule has 1 saturated carbocycles. The van der Waals surface area contributed by atoms with Gasteiger partial charge in [-0.25, -0.2) is 4.79 Å². The molecule has 1 fully saturated rings. The zero-order valence-corrected chi connectivity index (χ0v) is 12.4. The molecule has 114 valence electrons. The van der Waals surface area contributed by atoms with E-state index in [4.69, 9.17) is 11.6 Å². The van der Waals surface area contributed by atoms with Crippen LogP contribution in [0.2, 0.25) is 5.02 Å². The summed E-state index contributed by atoms with van der Waals surface area (Å²) >= 11 is 6.00. The Morgan fingerprint density at radius 3 is 2.48 bits per heavy atom. The molecule has 3 N–H and O–H groups in total. The van der Waals surface area contributed by atoms with Gasteiger partial charge in [0.25, 0.3) is 0 Å². The molecule has 0 aliphatic heterocycles. The van der Waals surface area contributed by atoms with Crippen molar-refractivity contribution in [1.29, 1.82) is 0 Å².